The standard InChI is InChI=1S/C25H22F3N7O2/c1-3-35-21-6-4-5-20(16(21)12-30-35)32-23-15(11-29)10-19(28)24(34-23)33-22(13(2)31-25(36)37)14-7-8-17(26)18(27)9-14/h4-10,12-13,22,31H,3H2,1-2H3,(H,36,37)(H2,32,33,34)/t13-,22-/m0/s1. The van der Waals surface area contributed by atoms with Crippen LogP contribution in [-0.4, -0.2) is 32.0 Å². The number of amides is 1. The van der Waals surface area contributed by atoms with Crippen molar-refractivity contribution in [3.63, 3.8) is 0 Å². The fraction of sp³-hybridized carbons (Fsp3) is 0.200. The Morgan fingerprint density at radius 2 is 1.92 bits per heavy atom. The monoisotopic (exact) mass is 509 g/mol. The van der Waals surface area contributed by atoms with E-state index in [2.05, 4.69) is 26.0 Å². The van der Waals surface area contributed by atoms with Gasteiger partial charge in [-0.2, -0.15) is 10.4 Å². The molecule has 0 saturated carbocycles. The highest BCUT2D eigenvalue weighted by Crippen LogP contribution is 2.31. The summed E-state index contributed by atoms with van der Waals surface area (Å²) in [6.45, 7) is 4.07. The van der Waals surface area contributed by atoms with Crippen molar-refractivity contribution in [3.8, 4) is 6.07 Å². The summed E-state index contributed by atoms with van der Waals surface area (Å²) >= 11 is 0. The number of nitrogens with one attached hydrogen (secondary N) is 3. The van der Waals surface area contributed by atoms with Gasteiger partial charge in [-0.1, -0.05) is 12.1 Å². The van der Waals surface area contributed by atoms with E-state index >= 15 is 4.39 Å². The number of halogens is 3. The number of pyridine rings is 1. The highest BCUT2D eigenvalue weighted by atomic mass is 19.2. The van der Waals surface area contributed by atoms with Crippen molar-refractivity contribution in [2.75, 3.05) is 10.6 Å². The fourth-order valence-electron chi connectivity index (χ4n) is 3.99. The molecule has 0 aliphatic heterocycles. The molecular formula is C25H22F3N7O2. The fourth-order valence-corrected chi connectivity index (χ4v) is 3.99. The van der Waals surface area contributed by atoms with Crippen LogP contribution in [0.5, 0.6) is 0 Å². The van der Waals surface area contributed by atoms with Gasteiger partial charge in [0.25, 0.3) is 0 Å². The molecule has 12 heteroatoms. The van der Waals surface area contributed by atoms with Gasteiger partial charge >= 0.3 is 6.09 Å². The van der Waals surface area contributed by atoms with Gasteiger partial charge in [-0.15, -0.1) is 0 Å². The molecule has 4 rings (SSSR count). The molecule has 9 nitrogen and oxygen atoms in total. The third kappa shape index (κ3) is 5.25. The summed E-state index contributed by atoms with van der Waals surface area (Å²) < 4.78 is 44.3. The van der Waals surface area contributed by atoms with Crippen LogP contribution in [-0.2, 0) is 6.54 Å². The molecule has 2 atom stereocenters. The van der Waals surface area contributed by atoms with E-state index in [1.54, 1.807) is 23.0 Å². The van der Waals surface area contributed by atoms with Crippen molar-refractivity contribution in [2.24, 2.45) is 0 Å². The second kappa shape index (κ2) is 10.4. The first-order chi connectivity index (χ1) is 17.7. The first-order valence-corrected chi connectivity index (χ1v) is 11.2. The van der Waals surface area contributed by atoms with Crippen molar-refractivity contribution in [1.82, 2.24) is 20.1 Å². The lowest BCUT2D eigenvalue weighted by molar-refractivity contribution is 0.189. The minimum atomic E-state index is -1.36. The number of fused-ring (bicyclic) bond motifs is 1. The third-order valence-corrected chi connectivity index (χ3v) is 5.78. The number of nitrogens with zero attached hydrogens (tertiary/aromatic N) is 4. The molecule has 4 aromatic rings. The second-order valence-corrected chi connectivity index (χ2v) is 8.18. The number of nitriles is 1. The summed E-state index contributed by atoms with van der Waals surface area (Å²) in [6, 6.07) is 9.39. The van der Waals surface area contributed by atoms with E-state index in [-0.39, 0.29) is 22.8 Å². The molecule has 0 bridgehead atoms. The molecule has 0 aliphatic carbocycles. The van der Waals surface area contributed by atoms with Gasteiger partial charge in [-0.3, -0.25) is 4.68 Å². The maximum atomic E-state index is 15.0. The van der Waals surface area contributed by atoms with E-state index in [4.69, 9.17) is 5.11 Å². The molecule has 4 N–H and O–H groups in total. The normalized spacial score (nSPS) is 12.5. The summed E-state index contributed by atoms with van der Waals surface area (Å²) in [5.74, 6) is -3.42. The second-order valence-electron chi connectivity index (χ2n) is 8.18. The van der Waals surface area contributed by atoms with Gasteiger partial charge in [-0.25, -0.2) is 22.9 Å². The quantitative estimate of drug-likeness (QED) is 0.254. The van der Waals surface area contributed by atoms with Crippen LogP contribution in [0.15, 0.2) is 48.7 Å². The maximum Gasteiger partial charge on any atom is 0.404 e. The average molecular weight is 509 g/mol. The Kier molecular flexibility index (Phi) is 7.15. The van der Waals surface area contributed by atoms with Crippen molar-refractivity contribution < 1.29 is 23.1 Å². The van der Waals surface area contributed by atoms with Crippen molar-refractivity contribution in [2.45, 2.75) is 32.5 Å². The minimum absolute atomic E-state index is 0.0334. The van der Waals surface area contributed by atoms with Crippen LogP contribution in [0.3, 0.4) is 0 Å². The number of hydrogen-bond acceptors (Lipinski definition) is 6. The number of benzene rings is 2. The molecule has 190 valence electrons. The molecule has 0 aliphatic rings. The van der Waals surface area contributed by atoms with E-state index in [1.165, 1.54) is 13.0 Å². The van der Waals surface area contributed by atoms with Crippen LogP contribution in [0.1, 0.15) is 31.0 Å². The van der Waals surface area contributed by atoms with Crippen LogP contribution in [0.4, 0.5) is 35.3 Å². The predicted octanol–water partition coefficient (Wildman–Crippen LogP) is 5.29. The highest BCUT2D eigenvalue weighted by molar-refractivity contribution is 5.93. The molecule has 0 spiro atoms. The zero-order chi connectivity index (χ0) is 26.7. The number of anilines is 3. The Labute approximate surface area is 209 Å². The minimum Gasteiger partial charge on any atom is -0.465 e. The predicted molar refractivity (Wildman–Crippen MR) is 131 cm³/mol. The molecule has 0 unspecified atom stereocenters. The Hall–Kier alpha value is -4.79. The number of rotatable bonds is 8. The zero-order valence-corrected chi connectivity index (χ0v) is 19.8. The number of aromatic nitrogens is 3. The Morgan fingerprint density at radius 1 is 1.14 bits per heavy atom. The van der Waals surface area contributed by atoms with E-state index in [9.17, 15) is 18.8 Å². The Bertz CT molecular complexity index is 1520. The first-order valence-electron chi connectivity index (χ1n) is 11.2. The van der Waals surface area contributed by atoms with Crippen LogP contribution in [0.2, 0.25) is 0 Å². The Balaban J connectivity index is 1.74. The highest BCUT2D eigenvalue weighted by Gasteiger charge is 2.25. The lowest BCUT2D eigenvalue weighted by atomic mass is 10.00. The topological polar surface area (TPSA) is 128 Å². The summed E-state index contributed by atoms with van der Waals surface area (Å²) in [6.07, 6.45) is 0.298. The Morgan fingerprint density at radius 3 is 2.59 bits per heavy atom. The van der Waals surface area contributed by atoms with Crippen LogP contribution >= 0.6 is 0 Å². The summed E-state index contributed by atoms with van der Waals surface area (Å²) in [5, 5.41) is 31.9. The molecule has 2 aromatic heterocycles. The summed E-state index contributed by atoms with van der Waals surface area (Å²) in [4.78, 5) is 15.5. The van der Waals surface area contributed by atoms with Crippen LogP contribution in [0, 0.1) is 28.8 Å². The van der Waals surface area contributed by atoms with Gasteiger partial charge in [0.2, 0.25) is 0 Å². The van der Waals surface area contributed by atoms with Crippen molar-refractivity contribution in [3.05, 3.63) is 77.2 Å². The van der Waals surface area contributed by atoms with Gasteiger partial charge in [-0.05, 0) is 49.7 Å². The van der Waals surface area contributed by atoms with Gasteiger partial charge in [0, 0.05) is 11.9 Å². The number of aryl methyl sites for hydroxylation is 1. The lowest BCUT2D eigenvalue weighted by Crippen LogP contribution is -2.39. The van der Waals surface area contributed by atoms with Gasteiger partial charge in [0.15, 0.2) is 29.1 Å². The molecule has 0 radical (unpaired) electrons. The first kappa shape index (κ1) is 25.3. The number of carbonyl (C=O) groups is 1. The van der Waals surface area contributed by atoms with Crippen LogP contribution < -0.4 is 16.0 Å². The molecule has 2 heterocycles. The molecule has 0 saturated heterocycles. The molecule has 2 aromatic carbocycles. The van der Waals surface area contributed by atoms with Crippen molar-refractivity contribution >= 4 is 34.3 Å². The number of carboxylic acid groups (broad SMARTS) is 1. The van der Waals surface area contributed by atoms with Gasteiger partial charge in [0.1, 0.15) is 6.07 Å². The summed E-state index contributed by atoms with van der Waals surface area (Å²) in [5.41, 5.74) is 1.50. The summed E-state index contributed by atoms with van der Waals surface area (Å²) in [7, 11) is 0. The molecule has 37 heavy (non-hydrogen) atoms. The van der Waals surface area contributed by atoms with Gasteiger partial charge < -0.3 is 21.1 Å². The molecule has 0 fully saturated rings. The SMILES string of the molecule is CCn1ncc2c(Nc3nc(N[C@H](c4ccc(F)c(F)c4)[C@H](C)NC(=O)O)c(F)cc3C#N)cccc21. The lowest BCUT2D eigenvalue weighted by Gasteiger charge is -2.26. The van der Waals surface area contributed by atoms with E-state index in [0.717, 1.165) is 29.1 Å². The largest absolute Gasteiger partial charge is 0.465 e. The molecule has 1 amide bonds. The number of hydrogen-bond donors (Lipinski definition) is 4. The third-order valence-electron chi connectivity index (χ3n) is 5.78. The zero-order valence-electron chi connectivity index (χ0n) is 19.8. The van der Waals surface area contributed by atoms with E-state index < -0.39 is 35.6 Å². The van der Waals surface area contributed by atoms with Crippen LogP contribution in [0.25, 0.3) is 10.9 Å². The van der Waals surface area contributed by atoms with E-state index in [1.807, 2.05) is 19.1 Å². The maximum absolute atomic E-state index is 15.0. The average Bonchev–Trinajstić information content (AvgIpc) is 3.29. The molecular weight excluding hydrogens is 487 g/mol. The smallest absolute Gasteiger partial charge is 0.404 e. The van der Waals surface area contributed by atoms with Gasteiger partial charge in [0.05, 0.1) is 35.0 Å². The van der Waals surface area contributed by atoms with E-state index in [0.29, 0.717) is 12.2 Å². The van der Waals surface area contributed by atoms with Crippen molar-refractivity contribution in [1.29, 1.82) is 5.26 Å².